The molecule has 0 heterocycles. The zero-order valence-corrected chi connectivity index (χ0v) is 20.4. The Hall–Kier alpha value is -3.97. The summed E-state index contributed by atoms with van der Waals surface area (Å²) in [4.78, 5) is 23.3. The van der Waals surface area contributed by atoms with Crippen molar-refractivity contribution < 1.29 is 26.6 Å². The first-order valence-corrected chi connectivity index (χ1v) is 13.3. The van der Waals surface area contributed by atoms with Crippen LogP contribution in [0.4, 0.5) is 22.7 Å². The summed E-state index contributed by atoms with van der Waals surface area (Å²) >= 11 is 0. The van der Waals surface area contributed by atoms with E-state index in [9.17, 15) is 31.7 Å². The maximum absolute atomic E-state index is 13.4. The summed E-state index contributed by atoms with van der Waals surface area (Å²) in [5.41, 5.74) is 0.119. The Morgan fingerprint density at radius 2 is 1.54 bits per heavy atom. The van der Waals surface area contributed by atoms with E-state index >= 15 is 0 Å². The van der Waals surface area contributed by atoms with Gasteiger partial charge in [0.15, 0.2) is 0 Å². The van der Waals surface area contributed by atoms with Crippen LogP contribution in [-0.2, 0) is 24.8 Å². The number of rotatable bonds is 9. The van der Waals surface area contributed by atoms with Crippen LogP contribution >= 0.6 is 0 Å². The van der Waals surface area contributed by atoms with Gasteiger partial charge in [-0.25, -0.2) is 16.8 Å². The molecule has 13 heteroatoms. The first-order chi connectivity index (χ1) is 16.4. The second kappa shape index (κ2) is 10.1. The molecule has 3 aromatic rings. The van der Waals surface area contributed by atoms with Gasteiger partial charge in [-0.15, -0.1) is 0 Å². The first kappa shape index (κ1) is 25.6. The molecule has 3 aromatic carbocycles. The number of nitrogens with zero attached hydrogens (tertiary/aromatic N) is 3. The number of nitro benzene ring substituents is 1. The lowest BCUT2D eigenvalue weighted by Gasteiger charge is -2.24. The van der Waals surface area contributed by atoms with Crippen LogP contribution in [0, 0.1) is 10.1 Å². The van der Waals surface area contributed by atoms with Gasteiger partial charge < -0.3 is 5.32 Å². The molecule has 1 amide bonds. The third kappa shape index (κ3) is 6.13. The van der Waals surface area contributed by atoms with E-state index < -0.39 is 37.4 Å². The molecule has 1 N–H and O–H groups in total. The van der Waals surface area contributed by atoms with E-state index in [0.29, 0.717) is 0 Å². The average molecular weight is 519 g/mol. The number of carbonyl (C=O) groups excluding carboxylic acids is 1. The third-order valence-corrected chi connectivity index (χ3v) is 7.93. The van der Waals surface area contributed by atoms with Crippen LogP contribution in [0.3, 0.4) is 0 Å². The van der Waals surface area contributed by atoms with Gasteiger partial charge >= 0.3 is 0 Å². The lowest BCUT2D eigenvalue weighted by molar-refractivity contribution is -0.384. The van der Waals surface area contributed by atoms with Gasteiger partial charge in [-0.05, 0) is 36.4 Å². The molecule has 0 unspecified atom stereocenters. The molecule has 0 saturated heterocycles. The molecular weight excluding hydrogens is 496 g/mol. The fourth-order valence-corrected chi connectivity index (χ4v) is 5.03. The van der Waals surface area contributed by atoms with Crippen molar-refractivity contribution in [2.75, 3.05) is 33.8 Å². The Kier molecular flexibility index (Phi) is 7.41. The van der Waals surface area contributed by atoms with Crippen molar-refractivity contribution in [1.29, 1.82) is 0 Å². The number of hydrogen-bond acceptors (Lipinski definition) is 7. The van der Waals surface area contributed by atoms with E-state index in [1.54, 1.807) is 6.07 Å². The van der Waals surface area contributed by atoms with E-state index in [0.717, 1.165) is 20.9 Å². The highest BCUT2D eigenvalue weighted by molar-refractivity contribution is 7.93. The summed E-state index contributed by atoms with van der Waals surface area (Å²) in [6, 6.07) is 18.3. The molecule has 0 aliphatic rings. The Labute approximate surface area is 202 Å². The third-order valence-electron chi connectivity index (χ3n) is 4.94. The van der Waals surface area contributed by atoms with Gasteiger partial charge in [0, 0.05) is 24.9 Å². The smallest absolute Gasteiger partial charge is 0.271 e. The first-order valence-electron chi connectivity index (χ1n) is 10.1. The topological polar surface area (TPSA) is 147 Å². The predicted octanol–water partition coefficient (Wildman–Crippen LogP) is 2.82. The molecule has 0 fully saturated rings. The summed E-state index contributed by atoms with van der Waals surface area (Å²) in [6.45, 7) is -0.690. The van der Waals surface area contributed by atoms with Gasteiger partial charge in [0.1, 0.15) is 6.54 Å². The lowest BCUT2D eigenvalue weighted by atomic mass is 10.2. The van der Waals surface area contributed by atoms with E-state index in [-0.39, 0.29) is 27.6 Å². The summed E-state index contributed by atoms with van der Waals surface area (Å²) < 4.78 is 52.1. The van der Waals surface area contributed by atoms with E-state index in [1.807, 2.05) is 0 Å². The monoisotopic (exact) mass is 518 g/mol. The molecule has 11 nitrogen and oxygen atoms in total. The largest absolute Gasteiger partial charge is 0.324 e. The molecule has 0 bridgehead atoms. The summed E-state index contributed by atoms with van der Waals surface area (Å²) in [5.74, 6) is -0.741. The average Bonchev–Trinajstić information content (AvgIpc) is 2.82. The minimum absolute atomic E-state index is 0.0660. The number of sulfonamides is 2. The van der Waals surface area contributed by atoms with Crippen molar-refractivity contribution in [2.24, 2.45) is 0 Å². The van der Waals surface area contributed by atoms with Gasteiger partial charge in [-0.3, -0.25) is 23.5 Å². The molecule has 0 saturated carbocycles. The van der Waals surface area contributed by atoms with Crippen LogP contribution in [0.5, 0.6) is 0 Å². The highest BCUT2D eigenvalue weighted by Crippen LogP contribution is 2.27. The number of benzene rings is 3. The highest BCUT2D eigenvalue weighted by Gasteiger charge is 2.28. The fourth-order valence-electron chi connectivity index (χ4n) is 3.10. The Morgan fingerprint density at radius 3 is 2.17 bits per heavy atom. The molecule has 0 aliphatic heterocycles. The number of nitro groups is 1. The summed E-state index contributed by atoms with van der Waals surface area (Å²) in [6.07, 6.45) is 1.03. The van der Waals surface area contributed by atoms with Crippen molar-refractivity contribution in [1.82, 2.24) is 0 Å². The Bertz CT molecular complexity index is 1460. The predicted molar refractivity (Wildman–Crippen MR) is 132 cm³/mol. The molecule has 184 valence electrons. The standard InChI is InChI=1S/C22H22N4O7S2/c1-24(34(2,30)31)18-9-6-8-17(14-18)23-22(27)16-25(19-10-7-11-20(15-19)26(28)29)35(32,33)21-12-4-3-5-13-21/h3-15H,16H2,1-2H3,(H,23,27). The molecule has 3 rings (SSSR count). The maximum atomic E-state index is 13.4. The van der Waals surface area contributed by atoms with Gasteiger partial charge in [-0.1, -0.05) is 30.3 Å². The van der Waals surface area contributed by atoms with Crippen molar-refractivity contribution in [3.05, 3.63) is 89.0 Å². The number of carbonyl (C=O) groups is 1. The Balaban J connectivity index is 1.95. The molecule has 0 aromatic heterocycles. The second-order valence-corrected chi connectivity index (χ2v) is 11.3. The van der Waals surface area contributed by atoms with Gasteiger partial charge in [-0.2, -0.15) is 0 Å². The normalized spacial score (nSPS) is 11.5. The number of anilines is 3. The fraction of sp³-hybridized carbons (Fsp3) is 0.136. The number of non-ortho nitro benzene ring substituents is 1. The van der Waals surface area contributed by atoms with E-state index in [2.05, 4.69) is 5.32 Å². The minimum Gasteiger partial charge on any atom is -0.324 e. The molecular formula is C22H22N4O7S2. The summed E-state index contributed by atoms with van der Waals surface area (Å²) in [7, 11) is -6.45. The molecule has 0 radical (unpaired) electrons. The van der Waals surface area contributed by atoms with Gasteiger partial charge in [0.05, 0.1) is 27.4 Å². The lowest BCUT2D eigenvalue weighted by Crippen LogP contribution is -2.38. The van der Waals surface area contributed by atoms with Crippen LogP contribution in [-0.4, -0.2) is 47.5 Å². The Morgan fingerprint density at radius 1 is 0.914 bits per heavy atom. The van der Waals surface area contributed by atoms with Gasteiger partial charge in [0.25, 0.3) is 15.7 Å². The highest BCUT2D eigenvalue weighted by atomic mass is 32.2. The van der Waals surface area contributed by atoms with Crippen molar-refractivity contribution in [3.8, 4) is 0 Å². The van der Waals surface area contributed by atoms with Gasteiger partial charge in [0.2, 0.25) is 15.9 Å². The molecule has 0 aliphatic carbocycles. The van der Waals surface area contributed by atoms with E-state index in [1.165, 1.54) is 73.8 Å². The van der Waals surface area contributed by atoms with Crippen LogP contribution in [0.1, 0.15) is 0 Å². The molecule has 0 atom stereocenters. The van der Waals surface area contributed by atoms with Crippen LogP contribution in [0.15, 0.2) is 83.8 Å². The molecule has 0 spiro atoms. The van der Waals surface area contributed by atoms with Crippen molar-refractivity contribution >= 4 is 48.7 Å². The number of hydrogen-bond donors (Lipinski definition) is 1. The molecule has 35 heavy (non-hydrogen) atoms. The van der Waals surface area contributed by atoms with E-state index in [4.69, 9.17) is 0 Å². The maximum Gasteiger partial charge on any atom is 0.271 e. The number of amides is 1. The SMILES string of the molecule is CN(c1cccc(NC(=O)CN(c2cccc([N+](=O)[O-])c2)S(=O)(=O)c2ccccc2)c1)S(C)(=O)=O. The van der Waals surface area contributed by atoms with Crippen LogP contribution < -0.4 is 13.9 Å². The van der Waals surface area contributed by atoms with Crippen LogP contribution in [0.2, 0.25) is 0 Å². The number of nitrogens with one attached hydrogen (secondary N) is 1. The quantitative estimate of drug-likeness (QED) is 0.338. The zero-order chi connectivity index (χ0) is 25.8. The van der Waals surface area contributed by atoms with Crippen LogP contribution in [0.25, 0.3) is 0 Å². The minimum atomic E-state index is -4.26. The zero-order valence-electron chi connectivity index (χ0n) is 18.7. The van der Waals surface area contributed by atoms with Crippen molar-refractivity contribution in [2.45, 2.75) is 4.90 Å². The van der Waals surface area contributed by atoms with Crippen molar-refractivity contribution in [3.63, 3.8) is 0 Å². The second-order valence-electron chi connectivity index (χ2n) is 7.43. The summed E-state index contributed by atoms with van der Waals surface area (Å²) in [5, 5.41) is 13.8.